The van der Waals surface area contributed by atoms with E-state index in [2.05, 4.69) is 27.8 Å². The van der Waals surface area contributed by atoms with Gasteiger partial charge in [0, 0.05) is 23.4 Å². The van der Waals surface area contributed by atoms with Crippen LogP contribution in [0.3, 0.4) is 0 Å². The summed E-state index contributed by atoms with van der Waals surface area (Å²) in [6.45, 7) is 2.56. The molecular weight excluding hydrogens is 352 g/mol. The summed E-state index contributed by atoms with van der Waals surface area (Å²) in [7, 11) is -3.59. The standard InChI is InChI=1S/C15H15BrN2O2S/c1-11-6-12-4-2-3-5-15(12)18(10-11)21(19,20)14-7-13(16)8-17-9-14/h2-5,7-9,11H,6,10H2,1H3. The lowest BCUT2D eigenvalue weighted by Gasteiger charge is -2.33. The highest BCUT2D eigenvalue weighted by atomic mass is 79.9. The van der Waals surface area contributed by atoms with Crippen LogP contribution in [0.25, 0.3) is 0 Å². The van der Waals surface area contributed by atoms with Gasteiger partial charge in [0.1, 0.15) is 4.90 Å². The highest BCUT2D eigenvalue weighted by Gasteiger charge is 2.31. The fourth-order valence-corrected chi connectivity index (χ4v) is 4.77. The van der Waals surface area contributed by atoms with Gasteiger partial charge < -0.3 is 0 Å². The summed E-state index contributed by atoms with van der Waals surface area (Å²) in [5.41, 5.74) is 1.85. The molecule has 0 aliphatic carbocycles. The zero-order chi connectivity index (χ0) is 15.0. The van der Waals surface area contributed by atoms with Gasteiger partial charge in [0.2, 0.25) is 0 Å². The zero-order valence-electron chi connectivity index (χ0n) is 11.5. The number of halogens is 1. The molecule has 0 saturated carbocycles. The predicted octanol–water partition coefficient (Wildman–Crippen LogP) is 3.23. The molecule has 0 spiro atoms. The highest BCUT2D eigenvalue weighted by molar-refractivity contribution is 9.10. The lowest BCUT2D eigenvalue weighted by Crippen LogP contribution is -2.39. The van der Waals surface area contributed by atoms with E-state index in [9.17, 15) is 8.42 Å². The summed E-state index contributed by atoms with van der Waals surface area (Å²) >= 11 is 3.28. The maximum absolute atomic E-state index is 12.9. The maximum Gasteiger partial charge on any atom is 0.265 e. The summed E-state index contributed by atoms with van der Waals surface area (Å²) in [6, 6.07) is 9.26. The Labute approximate surface area is 133 Å². The van der Waals surface area contributed by atoms with Crippen LogP contribution in [0.2, 0.25) is 0 Å². The van der Waals surface area contributed by atoms with Crippen molar-refractivity contribution in [2.75, 3.05) is 10.8 Å². The van der Waals surface area contributed by atoms with Gasteiger partial charge in [-0.05, 0) is 46.0 Å². The number of fused-ring (bicyclic) bond motifs is 1. The monoisotopic (exact) mass is 366 g/mol. The Kier molecular flexibility index (Phi) is 3.75. The molecule has 0 radical (unpaired) electrons. The van der Waals surface area contributed by atoms with Crippen LogP contribution >= 0.6 is 15.9 Å². The van der Waals surface area contributed by atoms with E-state index in [-0.39, 0.29) is 10.8 Å². The number of aromatic nitrogens is 1. The number of hydrogen-bond acceptors (Lipinski definition) is 3. The molecule has 2 heterocycles. The van der Waals surface area contributed by atoms with Gasteiger partial charge in [0.15, 0.2) is 0 Å². The van der Waals surface area contributed by atoms with Gasteiger partial charge in [-0.3, -0.25) is 9.29 Å². The van der Waals surface area contributed by atoms with Crippen molar-refractivity contribution in [3.8, 4) is 0 Å². The molecule has 2 aromatic rings. The lowest BCUT2D eigenvalue weighted by atomic mass is 9.96. The second kappa shape index (κ2) is 5.42. The SMILES string of the molecule is CC1Cc2ccccc2N(S(=O)(=O)c2cncc(Br)c2)C1. The van der Waals surface area contributed by atoms with E-state index in [0.717, 1.165) is 17.7 Å². The van der Waals surface area contributed by atoms with Crippen molar-refractivity contribution in [2.45, 2.75) is 18.2 Å². The van der Waals surface area contributed by atoms with Crippen molar-refractivity contribution in [2.24, 2.45) is 5.92 Å². The number of pyridine rings is 1. The minimum Gasteiger partial charge on any atom is -0.266 e. The second-order valence-electron chi connectivity index (χ2n) is 5.31. The lowest BCUT2D eigenvalue weighted by molar-refractivity contribution is 0.544. The van der Waals surface area contributed by atoms with Crippen molar-refractivity contribution >= 4 is 31.6 Å². The molecule has 1 aromatic carbocycles. The van der Waals surface area contributed by atoms with Crippen LogP contribution in [0.15, 0.2) is 52.1 Å². The molecule has 0 amide bonds. The number of anilines is 1. The quantitative estimate of drug-likeness (QED) is 0.819. The number of nitrogens with zero attached hydrogens (tertiary/aromatic N) is 2. The first kappa shape index (κ1) is 14.5. The molecule has 110 valence electrons. The first-order valence-corrected chi connectivity index (χ1v) is 8.93. The average Bonchev–Trinajstić information content (AvgIpc) is 2.46. The van der Waals surface area contributed by atoms with Crippen LogP contribution in [0.4, 0.5) is 5.69 Å². The van der Waals surface area contributed by atoms with Gasteiger partial charge in [-0.2, -0.15) is 0 Å². The molecule has 1 aliphatic heterocycles. The molecule has 4 nitrogen and oxygen atoms in total. The Morgan fingerprint density at radius 1 is 1.29 bits per heavy atom. The molecule has 6 heteroatoms. The highest BCUT2D eigenvalue weighted by Crippen LogP contribution is 2.33. The largest absolute Gasteiger partial charge is 0.266 e. The van der Waals surface area contributed by atoms with E-state index >= 15 is 0 Å². The Bertz CT molecular complexity index is 777. The summed E-state index contributed by atoms with van der Waals surface area (Å²) in [5, 5.41) is 0. The first-order valence-electron chi connectivity index (χ1n) is 6.69. The molecular formula is C15H15BrN2O2S. The second-order valence-corrected chi connectivity index (χ2v) is 8.09. The molecule has 0 fully saturated rings. The van der Waals surface area contributed by atoms with Crippen LogP contribution in [0, 0.1) is 5.92 Å². The smallest absolute Gasteiger partial charge is 0.265 e. The van der Waals surface area contributed by atoms with Crippen molar-refractivity contribution < 1.29 is 8.42 Å². The number of rotatable bonds is 2. The minimum absolute atomic E-state index is 0.209. The summed E-state index contributed by atoms with van der Waals surface area (Å²) in [4.78, 5) is 4.18. The van der Waals surface area contributed by atoms with E-state index < -0.39 is 10.0 Å². The van der Waals surface area contributed by atoms with Gasteiger partial charge in [-0.15, -0.1) is 0 Å². The molecule has 0 saturated heterocycles. The fourth-order valence-electron chi connectivity index (χ4n) is 2.64. The Morgan fingerprint density at radius 2 is 2.05 bits per heavy atom. The predicted molar refractivity (Wildman–Crippen MR) is 85.8 cm³/mol. The van der Waals surface area contributed by atoms with Crippen LogP contribution in [0.5, 0.6) is 0 Å². The third-order valence-corrected chi connectivity index (χ3v) is 5.75. The van der Waals surface area contributed by atoms with Gasteiger partial charge in [-0.25, -0.2) is 8.42 Å². The van der Waals surface area contributed by atoms with Crippen LogP contribution < -0.4 is 4.31 Å². The zero-order valence-corrected chi connectivity index (χ0v) is 13.9. The normalized spacial score (nSPS) is 18.4. The van der Waals surface area contributed by atoms with Crippen molar-refractivity contribution in [1.29, 1.82) is 0 Å². The third kappa shape index (κ3) is 2.70. The first-order chi connectivity index (χ1) is 9.98. The van der Waals surface area contributed by atoms with E-state index in [0.29, 0.717) is 11.0 Å². The number of para-hydroxylation sites is 1. The van der Waals surface area contributed by atoms with Gasteiger partial charge in [-0.1, -0.05) is 25.1 Å². The number of benzene rings is 1. The van der Waals surface area contributed by atoms with Gasteiger partial charge in [0.05, 0.1) is 5.69 Å². The van der Waals surface area contributed by atoms with Gasteiger partial charge >= 0.3 is 0 Å². The summed E-state index contributed by atoms with van der Waals surface area (Å²) in [6.07, 6.45) is 3.87. The molecule has 1 atom stereocenters. The Hall–Kier alpha value is -1.40. The minimum atomic E-state index is -3.59. The molecule has 1 aromatic heterocycles. The number of sulfonamides is 1. The molecule has 1 unspecified atom stereocenters. The maximum atomic E-state index is 12.9. The average molecular weight is 367 g/mol. The van der Waals surface area contributed by atoms with E-state index in [4.69, 9.17) is 0 Å². The van der Waals surface area contributed by atoms with Crippen molar-refractivity contribution in [3.05, 3.63) is 52.8 Å². The van der Waals surface area contributed by atoms with Crippen LogP contribution in [-0.2, 0) is 16.4 Å². The van der Waals surface area contributed by atoms with E-state index in [1.165, 1.54) is 10.5 Å². The molecule has 0 N–H and O–H groups in total. The topological polar surface area (TPSA) is 50.3 Å². The van der Waals surface area contributed by atoms with Crippen LogP contribution in [-0.4, -0.2) is 19.9 Å². The Balaban J connectivity index is 2.11. The van der Waals surface area contributed by atoms with Gasteiger partial charge in [0.25, 0.3) is 10.0 Å². The Morgan fingerprint density at radius 3 is 2.81 bits per heavy atom. The molecule has 3 rings (SSSR count). The van der Waals surface area contributed by atoms with Crippen LogP contribution in [0.1, 0.15) is 12.5 Å². The third-order valence-electron chi connectivity index (χ3n) is 3.57. The van der Waals surface area contributed by atoms with Crippen molar-refractivity contribution in [1.82, 2.24) is 4.98 Å². The van der Waals surface area contributed by atoms with Crippen molar-refractivity contribution in [3.63, 3.8) is 0 Å². The molecule has 21 heavy (non-hydrogen) atoms. The number of hydrogen-bond donors (Lipinski definition) is 0. The fraction of sp³-hybridized carbons (Fsp3) is 0.267. The molecule has 0 bridgehead atoms. The van der Waals surface area contributed by atoms with E-state index in [1.807, 2.05) is 24.3 Å². The summed E-state index contributed by atoms with van der Waals surface area (Å²) in [5.74, 6) is 0.287. The van der Waals surface area contributed by atoms with E-state index in [1.54, 1.807) is 12.3 Å². The molecule has 1 aliphatic rings. The summed E-state index contributed by atoms with van der Waals surface area (Å²) < 4.78 is 28.0.